The summed E-state index contributed by atoms with van der Waals surface area (Å²) in [5.74, 6) is -1.68. The van der Waals surface area contributed by atoms with Crippen molar-refractivity contribution in [1.82, 2.24) is 4.57 Å². The lowest BCUT2D eigenvalue weighted by atomic mass is 10.1. The molecule has 2 aromatic rings. The van der Waals surface area contributed by atoms with Crippen molar-refractivity contribution in [3.05, 3.63) is 35.3 Å². The molecule has 4 nitrogen and oxygen atoms in total. The number of hydrogen-bond acceptors (Lipinski definition) is 2. The Bertz CT molecular complexity index is 653. The zero-order valence-electron chi connectivity index (χ0n) is 9.07. The highest BCUT2D eigenvalue weighted by molar-refractivity contribution is 5.98. The van der Waals surface area contributed by atoms with Gasteiger partial charge in [0, 0.05) is 5.39 Å². The molecular weight excluding hydrogens is 223 g/mol. The molecular formula is C12H9FN2O2. The van der Waals surface area contributed by atoms with Crippen LogP contribution in [0.2, 0.25) is 0 Å². The van der Waals surface area contributed by atoms with Gasteiger partial charge in [-0.25, -0.2) is 9.18 Å². The number of nitrogens with zero attached hydrogens (tertiary/aromatic N) is 2. The minimum Gasteiger partial charge on any atom is -0.477 e. The summed E-state index contributed by atoms with van der Waals surface area (Å²) in [5, 5.41) is 18.3. The van der Waals surface area contributed by atoms with Crippen molar-refractivity contribution in [3.8, 4) is 6.07 Å². The number of carbonyl (C=O) groups is 1. The SMILES string of the molecule is Cc1c(C(=O)O)n(CC#N)c2c(F)cccc12. The van der Waals surface area contributed by atoms with Crippen LogP contribution in [-0.2, 0) is 6.54 Å². The first-order valence-corrected chi connectivity index (χ1v) is 4.95. The predicted molar refractivity (Wildman–Crippen MR) is 59.2 cm³/mol. The smallest absolute Gasteiger partial charge is 0.352 e. The zero-order chi connectivity index (χ0) is 12.6. The molecule has 5 heteroatoms. The van der Waals surface area contributed by atoms with Crippen molar-refractivity contribution in [1.29, 1.82) is 5.26 Å². The maximum absolute atomic E-state index is 13.7. The van der Waals surface area contributed by atoms with Gasteiger partial charge >= 0.3 is 5.97 Å². The van der Waals surface area contributed by atoms with E-state index in [0.717, 1.165) is 0 Å². The first-order chi connectivity index (χ1) is 8.07. The molecule has 0 aliphatic rings. The maximum atomic E-state index is 13.7. The molecule has 0 bridgehead atoms. The molecule has 1 aromatic carbocycles. The van der Waals surface area contributed by atoms with Crippen LogP contribution in [0.1, 0.15) is 16.1 Å². The number of nitriles is 1. The number of hydrogen-bond donors (Lipinski definition) is 1. The number of rotatable bonds is 2. The number of para-hydroxylation sites is 1. The van der Waals surface area contributed by atoms with E-state index in [1.165, 1.54) is 16.7 Å². The quantitative estimate of drug-likeness (QED) is 0.863. The average molecular weight is 232 g/mol. The normalized spacial score (nSPS) is 10.4. The Kier molecular flexibility index (Phi) is 2.56. The second-order valence-electron chi connectivity index (χ2n) is 3.66. The number of aromatic nitrogens is 1. The topological polar surface area (TPSA) is 66.0 Å². The van der Waals surface area contributed by atoms with Crippen LogP contribution < -0.4 is 0 Å². The van der Waals surface area contributed by atoms with Gasteiger partial charge in [0.25, 0.3) is 0 Å². The van der Waals surface area contributed by atoms with Crippen LogP contribution in [0.3, 0.4) is 0 Å². The van der Waals surface area contributed by atoms with Crippen LogP contribution in [0, 0.1) is 24.1 Å². The Morgan fingerprint density at radius 1 is 1.59 bits per heavy atom. The van der Waals surface area contributed by atoms with Crippen LogP contribution >= 0.6 is 0 Å². The fraction of sp³-hybridized carbons (Fsp3) is 0.167. The van der Waals surface area contributed by atoms with Gasteiger partial charge in [-0.1, -0.05) is 12.1 Å². The molecule has 2 rings (SSSR count). The molecule has 0 spiro atoms. The van der Waals surface area contributed by atoms with E-state index >= 15 is 0 Å². The molecule has 1 aromatic heterocycles. The minimum absolute atomic E-state index is 0.0355. The second kappa shape index (κ2) is 3.91. The molecule has 1 heterocycles. The predicted octanol–water partition coefficient (Wildman–Crippen LogP) is 2.31. The summed E-state index contributed by atoms with van der Waals surface area (Å²) in [7, 11) is 0. The molecule has 0 atom stereocenters. The molecule has 0 fully saturated rings. The second-order valence-corrected chi connectivity index (χ2v) is 3.66. The summed E-state index contributed by atoms with van der Waals surface area (Å²) in [6.07, 6.45) is 0. The number of carboxylic acids is 1. The lowest BCUT2D eigenvalue weighted by Crippen LogP contribution is -2.09. The van der Waals surface area contributed by atoms with Gasteiger partial charge in [-0.15, -0.1) is 0 Å². The molecule has 0 saturated heterocycles. The highest BCUT2D eigenvalue weighted by Crippen LogP contribution is 2.27. The molecule has 0 saturated carbocycles. The molecule has 0 amide bonds. The van der Waals surface area contributed by atoms with Gasteiger partial charge in [0.15, 0.2) is 0 Å². The van der Waals surface area contributed by atoms with Crippen LogP contribution in [-0.4, -0.2) is 15.6 Å². The number of benzene rings is 1. The van der Waals surface area contributed by atoms with Gasteiger partial charge in [0.05, 0.1) is 11.6 Å². The zero-order valence-corrected chi connectivity index (χ0v) is 9.07. The van der Waals surface area contributed by atoms with Gasteiger partial charge < -0.3 is 9.67 Å². The van der Waals surface area contributed by atoms with Crippen molar-refractivity contribution in [2.75, 3.05) is 0 Å². The Morgan fingerprint density at radius 2 is 2.29 bits per heavy atom. The number of halogens is 1. The summed E-state index contributed by atoms with van der Waals surface area (Å²) in [6.45, 7) is 1.42. The number of carboxylic acid groups (broad SMARTS) is 1. The summed E-state index contributed by atoms with van der Waals surface area (Å²) >= 11 is 0. The Labute approximate surface area is 96.5 Å². The molecule has 0 unspecified atom stereocenters. The third-order valence-corrected chi connectivity index (χ3v) is 2.72. The highest BCUT2D eigenvalue weighted by Gasteiger charge is 2.21. The van der Waals surface area contributed by atoms with Crippen LogP contribution in [0.5, 0.6) is 0 Å². The first kappa shape index (κ1) is 11.1. The van der Waals surface area contributed by atoms with E-state index < -0.39 is 11.8 Å². The van der Waals surface area contributed by atoms with Crippen molar-refractivity contribution in [2.24, 2.45) is 0 Å². The Balaban J connectivity index is 2.95. The average Bonchev–Trinajstić information content (AvgIpc) is 2.54. The highest BCUT2D eigenvalue weighted by atomic mass is 19.1. The van der Waals surface area contributed by atoms with Crippen LogP contribution in [0.15, 0.2) is 18.2 Å². The molecule has 0 aliphatic heterocycles. The van der Waals surface area contributed by atoms with Gasteiger partial charge in [-0.05, 0) is 18.6 Å². The van der Waals surface area contributed by atoms with Crippen molar-refractivity contribution < 1.29 is 14.3 Å². The monoisotopic (exact) mass is 232 g/mol. The van der Waals surface area contributed by atoms with Gasteiger partial charge in [0.2, 0.25) is 0 Å². The summed E-state index contributed by atoms with van der Waals surface area (Å²) in [5.41, 5.74) is 0.609. The summed E-state index contributed by atoms with van der Waals surface area (Å²) in [6, 6.07) is 6.26. The van der Waals surface area contributed by atoms with E-state index in [-0.39, 0.29) is 17.8 Å². The van der Waals surface area contributed by atoms with E-state index in [1.54, 1.807) is 13.0 Å². The van der Waals surface area contributed by atoms with E-state index in [1.807, 2.05) is 6.07 Å². The molecule has 0 aliphatic carbocycles. The molecule has 0 radical (unpaired) electrons. The summed E-state index contributed by atoms with van der Waals surface area (Å²) in [4.78, 5) is 11.1. The van der Waals surface area contributed by atoms with Gasteiger partial charge in [0.1, 0.15) is 18.1 Å². The minimum atomic E-state index is -1.16. The van der Waals surface area contributed by atoms with Crippen molar-refractivity contribution >= 4 is 16.9 Å². The van der Waals surface area contributed by atoms with E-state index in [4.69, 9.17) is 10.4 Å². The van der Waals surface area contributed by atoms with E-state index in [0.29, 0.717) is 10.9 Å². The Morgan fingerprint density at radius 3 is 2.88 bits per heavy atom. The van der Waals surface area contributed by atoms with Gasteiger partial charge in [-0.3, -0.25) is 0 Å². The van der Waals surface area contributed by atoms with Crippen molar-refractivity contribution in [2.45, 2.75) is 13.5 Å². The van der Waals surface area contributed by atoms with E-state index in [9.17, 15) is 9.18 Å². The Hall–Kier alpha value is -2.35. The maximum Gasteiger partial charge on any atom is 0.352 e. The van der Waals surface area contributed by atoms with Gasteiger partial charge in [-0.2, -0.15) is 5.26 Å². The number of aromatic carboxylic acids is 1. The number of fused-ring (bicyclic) bond motifs is 1. The molecule has 1 N–H and O–H groups in total. The molecule has 17 heavy (non-hydrogen) atoms. The molecule has 86 valence electrons. The van der Waals surface area contributed by atoms with Crippen LogP contribution in [0.25, 0.3) is 10.9 Å². The third kappa shape index (κ3) is 1.54. The third-order valence-electron chi connectivity index (χ3n) is 2.72. The lowest BCUT2D eigenvalue weighted by Gasteiger charge is -2.03. The van der Waals surface area contributed by atoms with E-state index in [2.05, 4.69) is 0 Å². The fourth-order valence-electron chi connectivity index (χ4n) is 2.04. The first-order valence-electron chi connectivity index (χ1n) is 4.95. The van der Waals surface area contributed by atoms with Crippen molar-refractivity contribution in [3.63, 3.8) is 0 Å². The fourth-order valence-corrected chi connectivity index (χ4v) is 2.04. The standard InChI is InChI=1S/C12H9FN2O2/c1-7-8-3-2-4-9(13)11(8)15(6-5-14)10(7)12(16)17/h2-4H,6H2,1H3,(H,16,17). The lowest BCUT2D eigenvalue weighted by molar-refractivity contribution is 0.0685. The number of aryl methyl sites for hydroxylation is 1. The van der Waals surface area contributed by atoms with Crippen LogP contribution in [0.4, 0.5) is 4.39 Å². The largest absolute Gasteiger partial charge is 0.477 e. The summed E-state index contributed by atoms with van der Waals surface area (Å²) < 4.78 is 14.9.